The third-order valence-corrected chi connectivity index (χ3v) is 2.39. The first-order valence-electron chi connectivity index (χ1n) is 5.21. The second kappa shape index (κ2) is 4.23. The lowest BCUT2D eigenvalue weighted by atomic mass is 10.2. The number of allylic oxidation sites excluding steroid dienone is 1. The van der Waals surface area contributed by atoms with Crippen LogP contribution < -0.4 is 5.73 Å². The summed E-state index contributed by atoms with van der Waals surface area (Å²) in [5.41, 5.74) is 8.51. The molecule has 3 heteroatoms. The van der Waals surface area contributed by atoms with Gasteiger partial charge in [-0.25, -0.2) is 4.98 Å². The van der Waals surface area contributed by atoms with E-state index >= 15 is 0 Å². The smallest absolute Gasteiger partial charge is 0.140 e. The maximum atomic E-state index is 5.66. The molecule has 0 aliphatic rings. The third-order valence-electron chi connectivity index (χ3n) is 2.39. The number of imidazole rings is 1. The quantitative estimate of drug-likeness (QED) is 0.629. The minimum absolute atomic E-state index is 0.764. The average molecular weight is 213 g/mol. The molecule has 3 nitrogen and oxygen atoms in total. The summed E-state index contributed by atoms with van der Waals surface area (Å²) in [5, 5.41) is 0. The normalized spacial score (nSPS) is 10.3. The molecule has 0 saturated carbocycles. The Labute approximate surface area is 95.2 Å². The van der Waals surface area contributed by atoms with Crippen molar-refractivity contribution in [1.82, 2.24) is 9.55 Å². The molecule has 0 atom stereocenters. The SMILES string of the molecule is C=CCn1cc(C)nc1-c1ccc(N)cc1. The Balaban J connectivity index is 2.45. The summed E-state index contributed by atoms with van der Waals surface area (Å²) in [4.78, 5) is 4.50. The van der Waals surface area contributed by atoms with E-state index in [4.69, 9.17) is 5.73 Å². The predicted octanol–water partition coefficient (Wildman–Crippen LogP) is 2.63. The lowest BCUT2D eigenvalue weighted by molar-refractivity contribution is 0.831. The molecule has 0 spiro atoms. The van der Waals surface area contributed by atoms with Crippen molar-refractivity contribution in [3.63, 3.8) is 0 Å². The van der Waals surface area contributed by atoms with E-state index in [-0.39, 0.29) is 0 Å². The fourth-order valence-corrected chi connectivity index (χ4v) is 1.69. The van der Waals surface area contributed by atoms with Gasteiger partial charge in [0.25, 0.3) is 0 Å². The largest absolute Gasteiger partial charge is 0.399 e. The number of aryl methyl sites for hydroxylation is 1. The van der Waals surface area contributed by atoms with Gasteiger partial charge >= 0.3 is 0 Å². The van der Waals surface area contributed by atoms with Crippen molar-refractivity contribution in [1.29, 1.82) is 0 Å². The van der Waals surface area contributed by atoms with Gasteiger partial charge in [-0.1, -0.05) is 6.08 Å². The van der Waals surface area contributed by atoms with Gasteiger partial charge in [0, 0.05) is 24.0 Å². The topological polar surface area (TPSA) is 43.8 Å². The number of hydrogen-bond donors (Lipinski definition) is 1. The standard InChI is InChI=1S/C13H15N3/c1-3-8-16-9-10(2)15-13(16)11-4-6-12(14)7-5-11/h3-7,9H,1,8,14H2,2H3. The highest BCUT2D eigenvalue weighted by atomic mass is 15.1. The molecule has 0 amide bonds. The zero-order valence-corrected chi connectivity index (χ0v) is 9.35. The monoisotopic (exact) mass is 213 g/mol. The molecule has 82 valence electrons. The van der Waals surface area contributed by atoms with E-state index in [0.29, 0.717) is 0 Å². The van der Waals surface area contributed by atoms with E-state index in [1.165, 1.54) is 0 Å². The summed E-state index contributed by atoms with van der Waals surface area (Å²) < 4.78 is 2.08. The average Bonchev–Trinajstić information content (AvgIpc) is 2.61. The number of nitrogens with two attached hydrogens (primary N) is 1. The van der Waals surface area contributed by atoms with Gasteiger partial charge < -0.3 is 10.3 Å². The molecule has 2 aromatic rings. The first-order chi connectivity index (χ1) is 7.70. The fourth-order valence-electron chi connectivity index (χ4n) is 1.69. The molecule has 2 N–H and O–H groups in total. The maximum Gasteiger partial charge on any atom is 0.140 e. The number of benzene rings is 1. The summed E-state index contributed by atoms with van der Waals surface area (Å²) in [6.45, 7) is 6.50. The molecule has 0 bridgehead atoms. The van der Waals surface area contributed by atoms with E-state index in [1.807, 2.05) is 43.5 Å². The summed E-state index contributed by atoms with van der Waals surface area (Å²) in [5.74, 6) is 0.956. The molecule has 16 heavy (non-hydrogen) atoms. The maximum absolute atomic E-state index is 5.66. The van der Waals surface area contributed by atoms with Gasteiger partial charge in [0.05, 0.1) is 5.69 Å². The Morgan fingerprint density at radius 1 is 1.38 bits per heavy atom. The van der Waals surface area contributed by atoms with Crippen LogP contribution >= 0.6 is 0 Å². The third kappa shape index (κ3) is 1.98. The molecule has 1 aromatic heterocycles. The second-order valence-corrected chi connectivity index (χ2v) is 3.77. The zero-order chi connectivity index (χ0) is 11.5. The highest BCUT2D eigenvalue weighted by molar-refractivity contribution is 5.59. The van der Waals surface area contributed by atoms with Crippen LogP contribution in [0, 0.1) is 6.92 Å². The van der Waals surface area contributed by atoms with Crippen LogP contribution in [0.3, 0.4) is 0 Å². The number of aromatic nitrogens is 2. The first kappa shape index (κ1) is 10.5. The van der Waals surface area contributed by atoms with Crippen molar-refractivity contribution in [3.8, 4) is 11.4 Å². The van der Waals surface area contributed by atoms with Crippen molar-refractivity contribution >= 4 is 5.69 Å². The van der Waals surface area contributed by atoms with Gasteiger partial charge in [0.1, 0.15) is 5.82 Å². The number of hydrogen-bond acceptors (Lipinski definition) is 2. The van der Waals surface area contributed by atoms with Crippen LogP contribution in [-0.4, -0.2) is 9.55 Å². The van der Waals surface area contributed by atoms with Crippen LogP contribution in [0.25, 0.3) is 11.4 Å². The van der Waals surface area contributed by atoms with Crippen molar-refractivity contribution in [2.75, 3.05) is 5.73 Å². The Bertz CT molecular complexity index is 494. The van der Waals surface area contributed by atoms with Crippen LogP contribution in [-0.2, 0) is 6.54 Å². The lowest BCUT2D eigenvalue weighted by Crippen LogP contribution is -1.96. The number of anilines is 1. The van der Waals surface area contributed by atoms with E-state index < -0.39 is 0 Å². The van der Waals surface area contributed by atoms with Gasteiger partial charge in [-0.05, 0) is 31.2 Å². The molecule has 0 saturated heterocycles. The van der Waals surface area contributed by atoms with Gasteiger partial charge in [0.2, 0.25) is 0 Å². The van der Waals surface area contributed by atoms with Crippen molar-refractivity contribution in [3.05, 3.63) is 48.8 Å². The predicted molar refractivity (Wildman–Crippen MR) is 67.0 cm³/mol. The van der Waals surface area contributed by atoms with Gasteiger partial charge in [-0.3, -0.25) is 0 Å². The van der Waals surface area contributed by atoms with Crippen molar-refractivity contribution in [2.24, 2.45) is 0 Å². The van der Waals surface area contributed by atoms with Crippen molar-refractivity contribution in [2.45, 2.75) is 13.5 Å². The molecule has 0 radical (unpaired) electrons. The minimum Gasteiger partial charge on any atom is -0.399 e. The van der Waals surface area contributed by atoms with E-state index in [1.54, 1.807) is 0 Å². The molecule has 0 aliphatic heterocycles. The molecule has 1 aromatic carbocycles. The first-order valence-corrected chi connectivity index (χ1v) is 5.21. The molecule has 0 fully saturated rings. The number of nitrogens with zero attached hydrogens (tertiary/aromatic N) is 2. The zero-order valence-electron chi connectivity index (χ0n) is 9.35. The summed E-state index contributed by atoms with van der Waals surface area (Å²) in [6, 6.07) is 7.74. The molecular formula is C13H15N3. The van der Waals surface area contributed by atoms with Crippen LogP contribution in [0.4, 0.5) is 5.69 Å². The lowest BCUT2D eigenvalue weighted by Gasteiger charge is -2.04. The molecule has 1 heterocycles. The minimum atomic E-state index is 0.764. The molecular weight excluding hydrogens is 198 g/mol. The number of rotatable bonds is 3. The fraction of sp³-hybridized carbons (Fsp3) is 0.154. The highest BCUT2D eigenvalue weighted by Gasteiger charge is 2.06. The summed E-state index contributed by atoms with van der Waals surface area (Å²) >= 11 is 0. The van der Waals surface area contributed by atoms with Crippen LogP contribution in [0.2, 0.25) is 0 Å². The van der Waals surface area contributed by atoms with Crippen LogP contribution in [0.5, 0.6) is 0 Å². The van der Waals surface area contributed by atoms with Gasteiger partial charge in [-0.2, -0.15) is 0 Å². The second-order valence-electron chi connectivity index (χ2n) is 3.77. The summed E-state index contributed by atoms with van der Waals surface area (Å²) in [6.07, 6.45) is 3.88. The highest BCUT2D eigenvalue weighted by Crippen LogP contribution is 2.20. The van der Waals surface area contributed by atoms with Crippen LogP contribution in [0.1, 0.15) is 5.69 Å². The van der Waals surface area contributed by atoms with Crippen LogP contribution in [0.15, 0.2) is 43.1 Å². The molecule has 0 unspecified atom stereocenters. The van der Waals surface area contributed by atoms with Crippen molar-refractivity contribution < 1.29 is 0 Å². The Morgan fingerprint density at radius 3 is 2.69 bits per heavy atom. The van der Waals surface area contributed by atoms with Gasteiger partial charge in [0.15, 0.2) is 0 Å². The Kier molecular flexibility index (Phi) is 2.77. The number of nitrogen functional groups attached to an aromatic ring is 1. The Hall–Kier alpha value is -2.03. The molecule has 2 rings (SSSR count). The van der Waals surface area contributed by atoms with Gasteiger partial charge in [-0.15, -0.1) is 6.58 Å². The molecule has 0 aliphatic carbocycles. The Morgan fingerprint density at radius 2 is 2.06 bits per heavy atom. The summed E-state index contributed by atoms with van der Waals surface area (Å²) in [7, 11) is 0. The van der Waals surface area contributed by atoms with E-state index in [0.717, 1.165) is 29.3 Å². The van der Waals surface area contributed by atoms with E-state index in [2.05, 4.69) is 16.1 Å². The van der Waals surface area contributed by atoms with E-state index in [9.17, 15) is 0 Å².